The Morgan fingerprint density at radius 2 is 1.96 bits per heavy atom. The van der Waals surface area contributed by atoms with Crippen molar-refractivity contribution in [2.75, 3.05) is 18.6 Å². The molecule has 1 heterocycles. The van der Waals surface area contributed by atoms with E-state index < -0.39 is 0 Å². The number of carbonyl (C=O) groups is 1. The minimum Gasteiger partial charge on any atom is -0.465 e. The third-order valence-corrected chi connectivity index (χ3v) is 4.97. The van der Waals surface area contributed by atoms with E-state index in [0.29, 0.717) is 11.6 Å². The minimum atomic E-state index is -0.296. The van der Waals surface area contributed by atoms with Gasteiger partial charge in [-0.05, 0) is 58.2 Å². The van der Waals surface area contributed by atoms with Crippen LogP contribution in [0.1, 0.15) is 49.5 Å². The third-order valence-electron chi connectivity index (χ3n) is 4.51. The van der Waals surface area contributed by atoms with E-state index in [1.807, 2.05) is 13.0 Å². The number of halogens is 1. The molecule has 0 bridgehead atoms. The zero-order chi connectivity index (χ0) is 17.1. The van der Waals surface area contributed by atoms with Crippen molar-refractivity contribution in [2.24, 2.45) is 0 Å². The summed E-state index contributed by atoms with van der Waals surface area (Å²) in [6, 6.07) is 4.33. The zero-order valence-corrected chi connectivity index (χ0v) is 16.1. The van der Waals surface area contributed by atoms with Gasteiger partial charge in [-0.3, -0.25) is 0 Å². The number of methoxy groups -OCH3 is 1. The molecule has 0 aromatic heterocycles. The summed E-state index contributed by atoms with van der Waals surface area (Å²) in [5.74, 6) is -0.296. The Balaban J connectivity index is 2.41. The summed E-state index contributed by atoms with van der Waals surface area (Å²) in [7, 11) is 1.42. The molecule has 0 N–H and O–H groups in total. The van der Waals surface area contributed by atoms with Crippen molar-refractivity contribution in [1.82, 2.24) is 0 Å². The molecule has 2 atom stereocenters. The molecular weight excluding hydrogens is 358 g/mol. The SMILES string of the molecule is CCN(c1cc(Br)cc(C(=O)OC)c1C)C1CC(C)OC(C)C1. The Kier molecular flexibility index (Phi) is 6.09. The Hall–Kier alpha value is -1.07. The number of ether oxygens (including phenoxy) is 2. The smallest absolute Gasteiger partial charge is 0.338 e. The first-order chi connectivity index (χ1) is 10.9. The Morgan fingerprint density at radius 1 is 1.35 bits per heavy atom. The lowest BCUT2D eigenvalue weighted by Crippen LogP contribution is -2.44. The van der Waals surface area contributed by atoms with Gasteiger partial charge in [-0.25, -0.2) is 4.79 Å². The molecule has 1 saturated heterocycles. The van der Waals surface area contributed by atoms with Crippen LogP contribution in [-0.2, 0) is 9.47 Å². The van der Waals surface area contributed by atoms with Gasteiger partial charge in [0.1, 0.15) is 0 Å². The molecule has 0 saturated carbocycles. The van der Waals surface area contributed by atoms with Crippen LogP contribution in [-0.4, -0.2) is 37.9 Å². The number of hydrogen-bond acceptors (Lipinski definition) is 4. The molecule has 2 rings (SSSR count). The molecule has 0 aliphatic carbocycles. The molecule has 0 radical (unpaired) electrons. The molecule has 5 heteroatoms. The van der Waals surface area contributed by atoms with E-state index in [1.54, 1.807) is 0 Å². The predicted molar refractivity (Wildman–Crippen MR) is 96.3 cm³/mol. The van der Waals surface area contributed by atoms with Crippen molar-refractivity contribution in [1.29, 1.82) is 0 Å². The van der Waals surface area contributed by atoms with Crippen LogP contribution < -0.4 is 4.90 Å². The van der Waals surface area contributed by atoms with Gasteiger partial charge in [-0.2, -0.15) is 0 Å². The first-order valence-electron chi connectivity index (χ1n) is 8.17. The van der Waals surface area contributed by atoms with Gasteiger partial charge in [-0.15, -0.1) is 0 Å². The van der Waals surface area contributed by atoms with Crippen LogP contribution in [0.3, 0.4) is 0 Å². The average Bonchev–Trinajstić information content (AvgIpc) is 2.49. The van der Waals surface area contributed by atoms with Gasteiger partial charge >= 0.3 is 5.97 Å². The number of esters is 1. The number of rotatable bonds is 4. The number of nitrogens with zero attached hydrogens (tertiary/aromatic N) is 1. The summed E-state index contributed by atoms with van der Waals surface area (Å²) in [4.78, 5) is 14.4. The highest BCUT2D eigenvalue weighted by Gasteiger charge is 2.30. The molecule has 1 fully saturated rings. The molecule has 1 aromatic rings. The summed E-state index contributed by atoms with van der Waals surface area (Å²) in [5.41, 5.74) is 2.67. The maximum absolute atomic E-state index is 12.0. The molecular formula is C18H26BrNO3. The number of carbonyl (C=O) groups excluding carboxylic acids is 1. The van der Waals surface area contributed by atoms with Gasteiger partial charge < -0.3 is 14.4 Å². The first kappa shape index (κ1) is 18.3. The van der Waals surface area contributed by atoms with Crippen molar-refractivity contribution >= 4 is 27.6 Å². The minimum absolute atomic E-state index is 0.255. The second kappa shape index (κ2) is 7.67. The van der Waals surface area contributed by atoms with Gasteiger partial charge in [0.15, 0.2) is 0 Å². The molecule has 0 amide bonds. The summed E-state index contributed by atoms with van der Waals surface area (Å²) >= 11 is 3.53. The summed E-state index contributed by atoms with van der Waals surface area (Å²) in [6.45, 7) is 9.29. The van der Waals surface area contributed by atoms with E-state index in [9.17, 15) is 4.79 Å². The monoisotopic (exact) mass is 383 g/mol. The topological polar surface area (TPSA) is 38.8 Å². The molecule has 1 aromatic carbocycles. The number of anilines is 1. The van der Waals surface area contributed by atoms with E-state index in [-0.39, 0.29) is 18.2 Å². The molecule has 2 unspecified atom stereocenters. The van der Waals surface area contributed by atoms with Gasteiger partial charge in [0, 0.05) is 22.7 Å². The zero-order valence-electron chi connectivity index (χ0n) is 14.6. The molecule has 4 nitrogen and oxygen atoms in total. The fraction of sp³-hybridized carbons (Fsp3) is 0.611. The lowest BCUT2D eigenvalue weighted by atomic mass is 9.96. The predicted octanol–water partition coefficient (Wildman–Crippen LogP) is 4.33. The Bertz CT molecular complexity index is 566. The van der Waals surface area contributed by atoms with E-state index in [2.05, 4.69) is 47.7 Å². The largest absolute Gasteiger partial charge is 0.465 e. The Labute approximate surface area is 147 Å². The summed E-state index contributed by atoms with van der Waals surface area (Å²) in [6.07, 6.45) is 2.51. The molecule has 1 aliphatic rings. The molecule has 1 aliphatic heterocycles. The van der Waals surface area contributed by atoms with Crippen LogP contribution in [0.2, 0.25) is 0 Å². The standard InChI is InChI=1S/C18H26BrNO3/c1-6-20(15-7-11(2)23-12(3)8-15)17-10-14(19)9-16(13(17)4)18(21)22-5/h9-12,15H,6-8H2,1-5H3. The highest BCUT2D eigenvalue weighted by molar-refractivity contribution is 9.10. The van der Waals surface area contributed by atoms with Gasteiger partial charge in [-0.1, -0.05) is 15.9 Å². The van der Waals surface area contributed by atoms with Crippen LogP contribution in [0.4, 0.5) is 5.69 Å². The molecule has 23 heavy (non-hydrogen) atoms. The van der Waals surface area contributed by atoms with Crippen LogP contribution in [0.25, 0.3) is 0 Å². The van der Waals surface area contributed by atoms with Crippen LogP contribution in [0.5, 0.6) is 0 Å². The fourth-order valence-electron chi connectivity index (χ4n) is 3.53. The van der Waals surface area contributed by atoms with Gasteiger partial charge in [0.2, 0.25) is 0 Å². The van der Waals surface area contributed by atoms with Crippen molar-refractivity contribution < 1.29 is 14.3 Å². The highest BCUT2D eigenvalue weighted by Crippen LogP contribution is 2.33. The van der Waals surface area contributed by atoms with Crippen LogP contribution in [0, 0.1) is 6.92 Å². The maximum atomic E-state index is 12.0. The number of hydrogen-bond donors (Lipinski definition) is 0. The van der Waals surface area contributed by atoms with Crippen LogP contribution in [0.15, 0.2) is 16.6 Å². The van der Waals surface area contributed by atoms with E-state index in [4.69, 9.17) is 9.47 Å². The van der Waals surface area contributed by atoms with Crippen molar-refractivity contribution in [2.45, 2.75) is 58.8 Å². The van der Waals surface area contributed by atoms with E-state index in [1.165, 1.54) is 7.11 Å². The van der Waals surface area contributed by atoms with Crippen molar-refractivity contribution in [3.8, 4) is 0 Å². The lowest BCUT2D eigenvalue weighted by molar-refractivity contribution is -0.0376. The van der Waals surface area contributed by atoms with E-state index in [0.717, 1.165) is 35.1 Å². The first-order valence-corrected chi connectivity index (χ1v) is 8.97. The van der Waals surface area contributed by atoms with Gasteiger partial charge in [0.05, 0.1) is 24.9 Å². The quantitative estimate of drug-likeness (QED) is 0.725. The van der Waals surface area contributed by atoms with Crippen molar-refractivity contribution in [3.05, 3.63) is 27.7 Å². The van der Waals surface area contributed by atoms with E-state index >= 15 is 0 Å². The highest BCUT2D eigenvalue weighted by atomic mass is 79.9. The van der Waals surface area contributed by atoms with Gasteiger partial charge in [0.25, 0.3) is 0 Å². The second-order valence-corrected chi connectivity index (χ2v) is 7.17. The third kappa shape index (κ3) is 4.07. The summed E-state index contributed by atoms with van der Waals surface area (Å²) < 4.78 is 11.7. The fourth-order valence-corrected chi connectivity index (χ4v) is 3.98. The van der Waals surface area contributed by atoms with Crippen molar-refractivity contribution in [3.63, 3.8) is 0 Å². The number of benzene rings is 1. The summed E-state index contributed by atoms with van der Waals surface area (Å²) in [5, 5.41) is 0. The normalized spacial score (nSPS) is 24.3. The molecule has 0 spiro atoms. The Morgan fingerprint density at radius 3 is 2.48 bits per heavy atom. The lowest BCUT2D eigenvalue weighted by Gasteiger charge is -2.41. The van der Waals surface area contributed by atoms with Crippen LogP contribution >= 0.6 is 15.9 Å². The molecule has 128 valence electrons. The average molecular weight is 384 g/mol. The second-order valence-electron chi connectivity index (χ2n) is 6.26. The maximum Gasteiger partial charge on any atom is 0.338 e.